The van der Waals surface area contributed by atoms with E-state index in [4.69, 9.17) is 0 Å². The van der Waals surface area contributed by atoms with Crippen molar-refractivity contribution in [2.45, 2.75) is 24.7 Å². The molecule has 2 N–H and O–H groups in total. The van der Waals surface area contributed by atoms with Crippen LogP contribution >= 0.6 is 0 Å². The average Bonchev–Trinajstić information content (AvgIpc) is 3.44. The van der Waals surface area contributed by atoms with Crippen molar-refractivity contribution in [3.05, 3.63) is 66.4 Å². The lowest BCUT2D eigenvalue weighted by Gasteiger charge is -2.38. The number of nitrogens with zero attached hydrogens (tertiary/aromatic N) is 4. The number of carbonyl (C=O) groups excluding carboxylic acids is 1. The van der Waals surface area contributed by atoms with Crippen molar-refractivity contribution < 1.29 is 15.0 Å². The largest absolute Gasteiger partial charge is 0.380 e. The maximum absolute atomic E-state index is 12.3. The van der Waals surface area contributed by atoms with Crippen LogP contribution in [-0.2, 0) is 11.8 Å². The van der Waals surface area contributed by atoms with Crippen molar-refractivity contribution in [3.63, 3.8) is 0 Å². The van der Waals surface area contributed by atoms with Crippen LogP contribution in [-0.4, -0.2) is 67.5 Å². The Kier molecular flexibility index (Phi) is 5.33. The number of benzene rings is 2. The molecule has 5 rings (SSSR count). The summed E-state index contributed by atoms with van der Waals surface area (Å²) in [7, 11) is 1.91. The molecule has 1 aromatic heterocycles. The minimum Gasteiger partial charge on any atom is -0.380 e. The summed E-state index contributed by atoms with van der Waals surface area (Å²) in [6, 6.07) is 18.3. The number of hydrogen-bond donors (Lipinski definition) is 2. The fraction of sp³-hybridized carbons (Fsp3) is 0.360. The van der Waals surface area contributed by atoms with E-state index >= 15 is 0 Å². The lowest BCUT2D eigenvalue weighted by Crippen LogP contribution is -2.52. The van der Waals surface area contributed by atoms with Crippen LogP contribution in [0.25, 0.3) is 22.4 Å². The Hall–Kier alpha value is -3.00. The molecule has 0 bridgehead atoms. The Labute approximate surface area is 187 Å². The van der Waals surface area contributed by atoms with Crippen molar-refractivity contribution in [1.82, 2.24) is 19.6 Å². The van der Waals surface area contributed by atoms with Gasteiger partial charge >= 0.3 is 0 Å². The molecule has 1 unspecified atom stereocenters. The first kappa shape index (κ1) is 20.9. The summed E-state index contributed by atoms with van der Waals surface area (Å²) in [6.07, 6.45) is 2.35. The molecule has 1 saturated carbocycles. The number of piperazine rings is 1. The van der Waals surface area contributed by atoms with Gasteiger partial charge in [-0.25, -0.2) is 0 Å². The van der Waals surface area contributed by atoms with Crippen LogP contribution in [0.3, 0.4) is 0 Å². The van der Waals surface area contributed by atoms with E-state index in [-0.39, 0.29) is 5.91 Å². The van der Waals surface area contributed by atoms with Gasteiger partial charge in [-0.15, -0.1) is 0 Å². The van der Waals surface area contributed by atoms with Gasteiger partial charge in [0.05, 0.1) is 5.69 Å². The first-order valence-corrected chi connectivity index (χ1v) is 11.1. The molecular weight excluding hydrogens is 404 g/mol. The highest BCUT2D eigenvalue weighted by Crippen LogP contribution is 2.37. The number of amides is 1. The van der Waals surface area contributed by atoms with E-state index in [9.17, 15) is 15.0 Å². The molecule has 1 saturated heterocycles. The van der Waals surface area contributed by atoms with E-state index in [1.165, 1.54) is 0 Å². The smallest absolute Gasteiger partial charge is 0.254 e. The molecule has 0 spiro atoms. The van der Waals surface area contributed by atoms with Gasteiger partial charge < -0.3 is 15.1 Å². The van der Waals surface area contributed by atoms with Crippen molar-refractivity contribution in [2.24, 2.45) is 7.05 Å². The van der Waals surface area contributed by atoms with E-state index in [0.717, 1.165) is 27.9 Å². The molecule has 2 aromatic carbocycles. The van der Waals surface area contributed by atoms with Crippen molar-refractivity contribution in [2.75, 3.05) is 26.2 Å². The van der Waals surface area contributed by atoms with Gasteiger partial charge in [0.15, 0.2) is 0 Å². The van der Waals surface area contributed by atoms with Crippen LogP contribution in [0.1, 0.15) is 24.6 Å². The second kappa shape index (κ2) is 8.16. The van der Waals surface area contributed by atoms with Crippen LogP contribution < -0.4 is 0 Å². The molecular formula is C25H28N4O3. The number of aliphatic hydroxyl groups excluding tert-OH is 1. The number of aryl methyl sites for hydroxylation is 1. The number of aromatic nitrogens is 2. The molecule has 1 amide bonds. The van der Waals surface area contributed by atoms with Gasteiger partial charge in [-0.3, -0.25) is 14.4 Å². The molecule has 7 nitrogen and oxygen atoms in total. The van der Waals surface area contributed by atoms with Gasteiger partial charge in [-0.05, 0) is 35.6 Å². The van der Waals surface area contributed by atoms with E-state index in [1.54, 1.807) is 9.58 Å². The predicted molar refractivity (Wildman–Crippen MR) is 121 cm³/mol. The molecule has 166 valence electrons. The highest BCUT2D eigenvalue weighted by molar-refractivity contribution is 5.87. The highest BCUT2D eigenvalue weighted by atomic mass is 16.3. The first-order valence-electron chi connectivity index (χ1n) is 11.1. The third-order valence-electron chi connectivity index (χ3n) is 6.51. The monoisotopic (exact) mass is 432 g/mol. The second-order valence-electron chi connectivity index (χ2n) is 8.81. The van der Waals surface area contributed by atoms with Gasteiger partial charge in [-0.1, -0.05) is 48.5 Å². The van der Waals surface area contributed by atoms with Gasteiger partial charge in [0, 0.05) is 45.0 Å². The topological polar surface area (TPSA) is 81.8 Å². The van der Waals surface area contributed by atoms with E-state index in [1.807, 2.05) is 48.5 Å². The molecule has 3 aromatic rings. The Morgan fingerprint density at radius 3 is 2.00 bits per heavy atom. The first-order chi connectivity index (χ1) is 15.4. The molecule has 32 heavy (non-hydrogen) atoms. The lowest BCUT2D eigenvalue weighted by molar-refractivity contribution is -0.146. The number of aliphatic hydroxyl groups is 2. The standard InChI is InChI=1S/C25H28N4O3/c1-27-13-10-22(26-27)20-6-2-18(3-7-20)19-4-8-21(9-5-19)23(30)28-14-16-29(17-15-28)24(31)25(32)11-12-25/h2-10,13,23,30,32H,11-12,14-17H2,1H3. The number of carbonyl (C=O) groups is 1. The molecule has 2 fully saturated rings. The molecule has 2 heterocycles. The minimum atomic E-state index is -1.12. The van der Waals surface area contributed by atoms with E-state index in [2.05, 4.69) is 29.4 Å². The van der Waals surface area contributed by atoms with Crippen LogP contribution in [0.2, 0.25) is 0 Å². The SMILES string of the molecule is Cn1ccc(-c2ccc(-c3ccc(C(O)N4CCN(C(=O)C5(O)CC5)CC4)cc3)cc2)n1. The molecule has 0 radical (unpaired) electrons. The summed E-state index contributed by atoms with van der Waals surface area (Å²) in [5.74, 6) is -0.162. The zero-order valence-corrected chi connectivity index (χ0v) is 18.2. The maximum atomic E-state index is 12.3. The minimum absolute atomic E-state index is 0.162. The third-order valence-corrected chi connectivity index (χ3v) is 6.51. The Bertz CT molecular complexity index is 1090. The fourth-order valence-electron chi connectivity index (χ4n) is 4.26. The van der Waals surface area contributed by atoms with Crippen molar-refractivity contribution in [3.8, 4) is 22.4 Å². The normalized spacial score (nSPS) is 19.0. The molecule has 2 aliphatic rings. The van der Waals surface area contributed by atoms with Gasteiger partial charge in [0.25, 0.3) is 5.91 Å². The molecule has 1 aliphatic heterocycles. The number of rotatable bonds is 5. The molecule has 1 atom stereocenters. The van der Waals surface area contributed by atoms with E-state index in [0.29, 0.717) is 39.0 Å². The van der Waals surface area contributed by atoms with Crippen LogP contribution in [0.15, 0.2) is 60.8 Å². The van der Waals surface area contributed by atoms with Gasteiger partial charge in [0.1, 0.15) is 11.8 Å². The predicted octanol–water partition coefficient (Wildman–Crippen LogP) is 2.41. The Morgan fingerprint density at radius 2 is 1.47 bits per heavy atom. The molecule has 1 aliphatic carbocycles. The van der Waals surface area contributed by atoms with Crippen LogP contribution in [0.5, 0.6) is 0 Å². The average molecular weight is 433 g/mol. The van der Waals surface area contributed by atoms with Crippen LogP contribution in [0.4, 0.5) is 0 Å². The summed E-state index contributed by atoms with van der Waals surface area (Å²) in [5.41, 5.74) is 3.93. The summed E-state index contributed by atoms with van der Waals surface area (Å²) in [6.45, 7) is 2.22. The van der Waals surface area contributed by atoms with Gasteiger partial charge in [0.2, 0.25) is 0 Å². The Morgan fingerprint density at radius 1 is 0.906 bits per heavy atom. The van der Waals surface area contributed by atoms with E-state index < -0.39 is 11.8 Å². The zero-order chi connectivity index (χ0) is 22.3. The lowest BCUT2D eigenvalue weighted by atomic mass is 10.0. The van der Waals surface area contributed by atoms with Crippen LogP contribution in [0, 0.1) is 0 Å². The molecule has 7 heteroatoms. The number of hydrogen-bond acceptors (Lipinski definition) is 5. The fourth-order valence-corrected chi connectivity index (χ4v) is 4.26. The van der Waals surface area contributed by atoms with Crippen molar-refractivity contribution in [1.29, 1.82) is 0 Å². The zero-order valence-electron chi connectivity index (χ0n) is 18.2. The maximum Gasteiger partial charge on any atom is 0.254 e. The summed E-state index contributed by atoms with van der Waals surface area (Å²) in [4.78, 5) is 16.0. The Balaban J connectivity index is 1.21. The second-order valence-corrected chi connectivity index (χ2v) is 8.81. The summed E-state index contributed by atoms with van der Waals surface area (Å²) >= 11 is 0. The third kappa shape index (κ3) is 4.07. The summed E-state index contributed by atoms with van der Waals surface area (Å²) < 4.78 is 1.79. The van der Waals surface area contributed by atoms with Gasteiger partial charge in [-0.2, -0.15) is 5.10 Å². The quantitative estimate of drug-likeness (QED) is 0.647. The highest BCUT2D eigenvalue weighted by Gasteiger charge is 2.50. The summed E-state index contributed by atoms with van der Waals surface area (Å²) in [5, 5.41) is 25.3. The van der Waals surface area contributed by atoms with Crippen molar-refractivity contribution >= 4 is 5.91 Å².